The Bertz CT molecular complexity index is 531. The number of nitro groups is 1. The zero-order valence-electron chi connectivity index (χ0n) is 12.3. The van der Waals surface area contributed by atoms with Crippen LogP contribution >= 0.6 is 0 Å². The van der Waals surface area contributed by atoms with Crippen LogP contribution in [0.5, 0.6) is 0 Å². The van der Waals surface area contributed by atoms with Gasteiger partial charge in [0.05, 0.1) is 17.6 Å². The first-order valence-electron chi connectivity index (χ1n) is 7.10. The number of benzene rings is 1. The predicted molar refractivity (Wildman–Crippen MR) is 79.2 cm³/mol. The minimum Gasteiger partial charge on any atom is -0.376 e. The molecule has 8 nitrogen and oxygen atoms in total. The number of carbonyl (C=O) groups is 1. The SMILES string of the molecule is C[C@H](OC[C@@H]1CCCO1)C(=O)NNc1ccccc1[N+](=O)[O-]. The summed E-state index contributed by atoms with van der Waals surface area (Å²) in [5.74, 6) is -0.406. The van der Waals surface area contributed by atoms with Crippen molar-refractivity contribution in [3.8, 4) is 0 Å². The first-order valence-corrected chi connectivity index (χ1v) is 7.10. The third-order valence-corrected chi connectivity index (χ3v) is 3.35. The number of amides is 1. The van der Waals surface area contributed by atoms with Crippen molar-refractivity contribution in [2.45, 2.75) is 32.0 Å². The number of nitrogens with one attached hydrogen (secondary N) is 2. The van der Waals surface area contributed by atoms with Gasteiger partial charge >= 0.3 is 0 Å². The van der Waals surface area contributed by atoms with E-state index in [2.05, 4.69) is 10.9 Å². The van der Waals surface area contributed by atoms with Gasteiger partial charge in [0.15, 0.2) is 0 Å². The fraction of sp³-hybridized carbons (Fsp3) is 0.500. The van der Waals surface area contributed by atoms with Gasteiger partial charge in [-0.25, -0.2) is 0 Å². The van der Waals surface area contributed by atoms with Gasteiger partial charge in [0.1, 0.15) is 11.8 Å². The molecule has 0 aliphatic carbocycles. The zero-order chi connectivity index (χ0) is 15.9. The highest BCUT2D eigenvalue weighted by atomic mass is 16.6. The molecule has 1 aromatic rings. The number of para-hydroxylation sites is 2. The van der Waals surface area contributed by atoms with E-state index in [1.165, 1.54) is 12.1 Å². The third-order valence-electron chi connectivity index (χ3n) is 3.35. The van der Waals surface area contributed by atoms with Crippen molar-refractivity contribution in [1.82, 2.24) is 5.43 Å². The molecule has 1 amide bonds. The van der Waals surface area contributed by atoms with Crippen LogP contribution in [0.1, 0.15) is 19.8 Å². The van der Waals surface area contributed by atoms with E-state index >= 15 is 0 Å². The number of nitro benzene ring substituents is 1. The molecule has 1 heterocycles. The van der Waals surface area contributed by atoms with Crippen LogP contribution in [-0.2, 0) is 14.3 Å². The number of anilines is 1. The summed E-state index contributed by atoms with van der Waals surface area (Å²) in [7, 11) is 0. The Morgan fingerprint density at radius 2 is 2.32 bits per heavy atom. The van der Waals surface area contributed by atoms with Crippen LogP contribution in [0.3, 0.4) is 0 Å². The van der Waals surface area contributed by atoms with Crippen molar-refractivity contribution < 1.29 is 19.2 Å². The van der Waals surface area contributed by atoms with Gasteiger partial charge in [0.2, 0.25) is 0 Å². The molecular formula is C14H19N3O5. The van der Waals surface area contributed by atoms with Gasteiger partial charge in [0.25, 0.3) is 11.6 Å². The summed E-state index contributed by atoms with van der Waals surface area (Å²) >= 11 is 0. The maximum Gasteiger partial charge on any atom is 0.294 e. The third kappa shape index (κ3) is 4.40. The molecule has 0 radical (unpaired) electrons. The fourth-order valence-corrected chi connectivity index (χ4v) is 2.07. The van der Waals surface area contributed by atoms with Crippen LogP contribution < -0.4 is 10.9 Å². The van der Waals surface area contributed by atoms with E-state index in [-0.39, 0.29) is 17.5 Å². The summed E-state index contributed by atoms with van der Waals surface area (Å²) in [5, 5.41) is 10.9. The molecule has 22 heavy (non-hydrogen) atoms. The van der Waals surface area contributed by atoms with E-state index in [1.54, 1.807) is 19.1 Å². The second-order valence-electron chi connectivity index (χ2n) is 5.00. The Morgan fingerprint density at radius 3 is 3.00 bits per heavy atom. The van der Waals surface area contributed by atoms with E-state index in [9.17, 15) is 14.9 Å². The molecule has 2 atom stereocenters. The Hall–Kier alpha value is -2.19. The van der Waals surface area contributed by atoms with Crippen molar-refractivity contribution in [2.24, 2.45) is 0 Å². The lowest BCUT2D eigenvalue weighted by Gasteiger charge is -2.16. The topological polar surface area (TPSA) is 103 Å². The lowest BCUT2D eigenvalue weighted by atomic mass is 10.2. The molecule has 0 unspecified atom stereocenters. The van der Waals surface area contributed by atoms with E-state index < -0.39 is 16.9 Å². The predicted octanol–water partition coefficient (Wildman–Crippen LogP) is 1.62. The normalized spacial score (nSPS) is 18.7. The van der Waals surface area contributed by atoms with Crippen LogP contribution in [0, 0.1) is 10.1 Å². The van der Waals surface area contributed by atoms with Gasteiger partial charge < -0.3 is 9.47 Å². The molecule has 1 saturated heterocycles. The number of carbonyl (C=O) groups excluding carboxylic acids is 1. The van der Waals surface area contributed by atoms with Gasteiger partial charge in [-0.15, -0.1) is 0 Å². The second-order valence-corrected chi connectivity index (χ2v) is 5.00. The van der Waals surface area contributed by atoms with Crippen LogP contribution in [0.25, 0.3) is 0 Å². The molecule has 0 aromatic heterocycles. The first-order chi connectivity index (χ1) is 10.6. The molecule has 120 valence electrons. The van der Waals surface area contributed by atoms with Crippen LogP contribution in [0.2, 0.25) is 0 Å². The largest absolute Gasteiger partial charge is 0.376 e. The van der Waals surface area contributed by atoms with Gasteiger partial charge in [-0.3, -0.25) is 25.8 Å². The fourth-order valence-electron chi connectivity index (χ4n) is 2.07. The smallest absolute Gasteiger partial charge is 0.294 e. The molecule has 1 aliphatic heterocycles. The monoisotopic (exact) mass is 309 g/mol. The van der Waals surface area contributed by atoms with Crippen molar-refractivity contribution in [3.05, 3.63) is 34.4 Å². The van der Waals surface area contributed by atoms with Gasteiger partial charge in [-0.2, -0.15) is 0 Å². The van der Waals surface area contributed by atoms with Crippen LogP contribution in [-0.4, -0.2) is 36.3 Å². The first kappa shape index (κ1) is 16.2. The lowest BCUT2D eigenvalue weighted by Crippen LogP contribution is -2.39. The number of ether oxygens (including phenoxy) is 2. The summed E-state index contributed by atoms with van der Waals surface area (Å²) in [6, 6.07) is 6.06. The Balaban J connectivity index is 1.80. The van der Waals surface area contributed by atoms with Gasteiger partial charge in [0, 0.05) is 12.7 Å². The van der Waals surface area contributed by atoms with Crippen molar-refractivity contribution in [2.75, 3.05) is 18.6 Å². The molecule has 2 rings (SSSR count). The average Bonchev–Trinajstić information content (AvgIpc) is 3.03. The Morgan fingerprint density at radius 1 is 1.55 bits per heavy atom. The minimum atomic E-state index is -0.681. The zero-order valence-corrected chi connectivity index (χ0v) is 12.3. The summed E-state index contributed by atoms with van der Waals surface area (Å²) in [6.07, 6.45) is 1.30. The Labute approximate surface area is 127 Å². The molecule has 2 N–H and O–H groups in total. The lowest BCUT2D eigenvalue weighted by molar-refractivity contribution is -0.384. The van der Waals surface area contributed by atoms with Gasteiger partial charge in [-0.1, -0.05) is 12.1 Å². The summed E-state index contributed by atoms with van der Waals surface area (Å²) in [6.45, 7) is 2.71. The van der Waals surface area contributed by atoms with Crippen molar-refractivity contribution >= 4 is 17.3 Å². The summed E-state index contributed by atoms with van der Waals surface area (Å²) < 4.78 is 10.9. The van der Waals surface area contributed by atoms with E-state index in [1.807, 2.05) is 0 Å². The molecule has 1 aromatic carbocycles. The maximum atomic E-state index is 11.9. The average molecular weight is 309 g/mol. The quantitative estimate of drug-likeness (QED) is 0.586. The molecule has 0 bridgehead atoms. The maximum absolute atomic E-state index is 11.9. The van der Waals surface area contributed by atoms with Crippen molar-refractivity contribution in [3.63, 3.8) is 0 Å². The number of hydrazine groups is 1. The molecular weight excluding hydrogens is 290 g/mol. The van der Waals surface area contributed by atoms with E-state index in [0.717, 1.165) is 19.4 Å². The number of hydrogen-bond donors (Lipinski definition) is 2. The molecule has 1 aliphatic rings. The molecule has 0 saturated carbocycles. The molecule has 0 spiro atoms. The van der Waals surface area contributed by atoms with Crippen LogP contribution in [0.15, 0.2) is 24.3 Å². The number of nitrogens with zero attached hydrogens (tertiary/aromatic N) is 1. The van der Waals surface area contributed by atoms with E-state index in [0.29, 0.717) is 6.61 Å². The highest BCUT2D eigenvalue weighted by Crippen LogP contribution is 2.22. The van der Waals surface area contributed by atoms with Crippen molar-refractivity contribution in [1.29, 1.82) is 0 Å². The van der Waals surface area contributed by atoms with Crippen LogP contribution in [0.4, 0.5) is 11.4 Å². The standard InChI is InChI=1S/C14H19N3O5/c1-10(22-9-11-5-4-8-21-11)14(18)16-15-12-6-2-3-7-13(12)17(19)20/h2-3,6-7,10-11,15H,4-5,8-9H2,1H3,(H,16,18)/t10-,11-/m0/s1. The van der Waals surface area contributed by atoms with Gasteiger partial charge in [-0.05, 0) is 25.8 Å². The number of hydrogen-bond acceptors (Lipinski definition) is 6. The summed E-state index contributed by atoms with van der Waals surface area (Å²) in [4.78, 5) is 22.2. The molecule has 1 fully saturated rings. The Kier molecular flexibility index (Phi) is 5.68. The molecule has 8 heteroatoms. The minimum absolute atomic E-state index is 0.0402. The highest BCUT2D eigenvalue weighted by Gasteiger charge is 2.20. The summed E-state index contributed by atoms with van der Waals surface area (Å²) in [5.41, 5.74) is 5.06. The van der Waals surface area contributed by atoms with E-state index in [4.69, 9.17) is 9.47 Å². The second kappa shape index (κ2) is 7.71. The highest BCUT2D eigenvalue weighted by molar-refractivity contribution is 5.82. The number of rotatable bonds is 7.